The Hall–Kier alpha value is -3.36. The molecular weight excluding hydrogens is 412 g/mol. The molecule has 1 aliphatic heterocycles. The molecule has 1 aromatic heterocycles. The van der Waals surface area contributed by atoms with Gasteiger partial charge >= 0.3 is 5.97 Å². The zero-order chi connectivity index (χ0) is 22.8. The number of benzene rings is 1. The van der Waals surface area contributed by atoms with Crippen LogP contribution < -0.4 is 10.1 Å². The van der Waals surface area contributed by atoms with E-state index < -0.39 is 0 Å². The summed E-state index contributed by atoms with van der Waals surface area (Å²) in [6.45, 7) is 1.54. The van der Waals surface area contributed by atoms with Crippen LogP contribution in [0, 0.1) is 0 Å². The van der Waals surface area contributed by atoms with E-state index in [-0.39, 0.29) is 36.7 Å². The Morgan fingerprint density at radius 3 is 2.53 bits per heavy atom. The van der Waals surface area contributed by atoms with E-state index in [0.29, 0.717) is 38.4 Å². The molecule has 2 heterocycles. The topological polar surface area (TPSA) is 103 Å². The smallest absolute Gasteiger partial charge is 0.305 e. The second kappa shape index (κ2) is 11.9. The maximum atomic E-state index is 12.4. The monoisotopic (exact) mass is 442 g/mol. The van der Waals surface area contributed by atoms with E-state index in [9.17, 15) is 14.4 Å². The summed E-state index contributed by atoms with van der Waals surface area (Å²) in [5.41, 5.74) is 0. The van der Waals surface area contributed by atoms with Gasteiger partial charge in [-0.3, -0.25) is 14.4 Å². The highest BCUT2D eigenvalue weighted by Gasteiger charge is 2.25. The Morgan fingerprint density at radius 2 is 1.81 bits per heavy atom. The Labute approximate surface area is 187 Å². The Morgan fingerprint density at radius 1 is 1.06 bits per heavy atom. The zero-order valence-corrected chi connectivity index (χ0v) is 18.4. The lowest BCUT2D eigenvalue weighted by atomic mass is 10.0. The molecule has 32 heavy (non-hydrogen) atoms. The SMILES string of the molecule is COC(=O)CCCC(=O)N1CCC(n2nccc2NC(=O)CCOc2ccccc2)CC1. The summed E-state index contributed by atoms with van der Waals surface area (Å²) in [4.78, 5) is 37.7. The van der Waals surface area contributed by atoms with Crippen LogP contribution in [-0.4, -0.2) is 59.3 Å². The number of aromatic nitrogens is 2. The molecule has 1 aliphatic rings. The molecule has 0 atom stereocenters. The van der Waals surface area contributed by atoms with Crippen molar-refractivity contribution in [1.29, 1.82) is 0 Å². The molecule has 0 saturated carbocycles. The number of rotatable bonds is 10. The Kier molecular flexibility index (Phi) is 8.65. The predicted molar refractivity (Wildman–Crippen MR) is 118 cm³/mol. The minimum Gasteiger partial charge on any atom is -0.493 e. The van der Waals surface area contributed by atoms with Crippen molar-refractivity contribution in [2.75, 3.05) is 32.1 Å². The third-order valence-electron chi connectivity index (χ3n) is 5.44. The first kappa shape index (κ1) is 23.3. The molecule has 0 unspecified atom stereocenters. The van der Waals surface area contributed by atoms with Crippen LogP contribution in [0.3, 0.4) is 0 Å². The van der Waals surface area contributed by atoms with E-state index in [2.05, 4.69) is 15.2 Å². The number of likely N-dealkylation sites (tertiary alicyclic amines) is 1. The molecule has 1 saturated heterocycles. The fourth-order valence-corrected chi connectivity index (χ4v) is 3.69. The number of para-hydroxylation sites is 1. The van der Waals surface area contributed by atoms with Gasteiger partial charge in [0.25, 0.3) is 0 Å². The highest BCUT2D eigenvalue weighted by molar-refractivity contribution is 5.89. The molecular formula is C23H30N4O5. The maximum Gasteiger partial charge on any atom is 0.305 e. The van der Waals surface area contributed by atoms with E-state index in [1.165, 1.54) is 7.11 Å². The molecule has 1 N–H and O–H groups in total. The van der Waals surface area contributed by atoms with Gasteiger partial charge in [0.15, 0.2) is 0 Å². The predicted octanol–water partition coefficient (Wildman–Crippen LogP) is 2.80. The first-order valence-corrected chi connectivity index (χ1v) is 10.9. The number of hydrogen-bond acceptors (Lipinski definition) is 6. The molecule has 3 rings (SSSR count). The van der Waals surface area contributed by atoms with Gasteiger partial charge in [-0.25, -0.2) is 4.68 Å². The molecule has 9 nitrogen and oxygen atoms in total. The average Bonchev–Trinajstić information content (AvgIpc) is 3.27. The van der Waals surface area contributed by atoms with Gasteiger partial charge in [-0.1, -0.05) is 18.2 Å². The molecule has 0 aliphatic carbocycles. The van der Waals surface area contributed by atoms with Crippen molar-refractivity contribution in [2.24, 2.45) is 0 Å². The molecule has 0 radical (unpaired) electrons. The van der Waals surface area contributed by atoms with Crippen LogP contribution in [0.2, 0.25) is 0 Å². The van der Waals surface area contributed by atoms with Gasteiger partial charge in [0.05, 0.1) is 32.4 Å². The zero-order valence-electron chi connectivity index (χ0n) is 18.4. The van der Waals surface area contributed by atoms with Crippen molar-refractivity contribution in [3.8, 4) is 5.75 Å². The van der Waals surface area contributed by atoms with Crippen LogP contribution in [-0.2, 0) is 19.1 Å². The van der Waals surface area contributed by atoms with E-state index in [4.69, 9.17) is 4.74 Å². The van der Waals surface area contributed by atoms with Crippen LogP contribution in [0.15, 0.2) is 42.6 Å². The van der Waals surface area contributed by atoms with Crippen LogP contribution in [0.4, 0.5) is 5.82 Å². The molecule has 2 amide bonds. The second-order valence-corrected chi connectivity index (χ2v) is 7.66. The van der Waals surface area contributed by atoms with E-state index >= 15 is 0 Å². The van der Waals surface area contributed by atoms with Gasteiger partial charge in [0, 0.05) is 32.0 Å². The van der Waals surface area contributed by atoms with Crippen molar-refractivity contribution in [1.82, 2.24) is 14.7 Å². The number of carbonyl (C=O) groups excluding carboxylic acids is 3. The minimum atomic E-state index is -0.295. The van der Waals surface area contributed by atoms with Gasteiger partial charge in [0.1, 0.15) is 11.6 Å². The van der Waals surface area contributed by atoms with Gasteiger partial charge in [-0.05, 0) is 31.4 Å². The molecule has 2 aromatic rings. The fraction of sp³-hybridized carbons (Fsp3) is 0.478. The minimum absolute atomic E-state index is 0.0553. The third kappa shape index (κ3) is 6.83. The maximum absolute atomic E-state index is 12.4. The van der Waals surface area contributed by atoms with Gasteiger partial charge in [0.2, 0.25) is 11.8 Å². The standard InChI is InChI=1S/C23H30N4O5/c1-31-23(30)9-5-8-22(29)26-15-11-18(12-16-26)27-20(10-14-24-27)25-21(28)13-17-32-19-6-3-2-4-7-19/h2-4,6-7,10,14,18H,5,8-9,11-13,15-17H2,1H3,(H,25,28). The largest absolute Gasteiger partial charge is 0.493 e. The number of methoxy groups -OCH3 is 1. The van der Waals surface area contributed by atoms with E-state index in [0.717, 1.165) is 18.6 Å². The van der Waals surface area contributed by atoms with Crippen molar-refractivity contribution in [3.05, 3.63) is 42.6 Å². The molecule has 1 fully saturated rings. The number of piperidine rings is 1. The highest BCUT2D eigenvalue weighted by Crippen LogP contribution is 2.26. The van der Waals surface area contributed by atoms with E-state index in [1.54, 1.807) is 12.3 Å². The van der Waals surface area contributed by atoms with Gasteiger partial charge < -0.3 is 19.7 Å². The quantitative estimate of drug-likeness (QED) is 0.568. The van der Waals surface area contributed by atoms with Crippen LogP contribution in [0.25, 0.3) is 0 Å². The number of hydrogen-bond donors (Lipinski definition) is 1. The normalized spacial score (nSPS) is 14.1. The summed E-state index contributed by atoms with van der Waals surface area (Å²) in [6.07, 6.45) is 4.50. The summed E-state index contributed by atoms with van der Waals surface area (Å²) in [6, 6.07) is 11.3. The number of nitrogens with one attached hydrogen (secondary N) is 1. The third-order valence-corrected chi connectivity index (χ3v) is 5.44. The molecule has 0 bridgehead atoms. The van der Waals surface area contributed by atoms with Crippen LogP contribution in [0.1, 0.15) is 44.6 Å². The molecule has 172 valence electrons. The summed E-state index contributed by atoms with van der Waals surface area (Å²) in [5.74, 6) is 1.01. The lowest BCUT2D eigenvalue weighted by molar-refractivity contribution is -0.141. The first-order chi connectivity index (χ1) is 15.6. The van der Waals surface area contributed by atoms with E-state index in [1.807, 2.05) is 39.9 Å². The molecule has 9 heteroatoms. The first-order valence-electron chi connectivity index (χ1n) is 10.9. The van der Waals surface area contributed by atoms with Crippen molar-refractivity contribution in [2.45, 2.75) is 44.6 Å². The van der Waals surface area contributed by atoms with Crippen LogP contribution >= 0.6 is 0 Å². The number of carbonyl (C=O) groups is 3. The lowest BCUT2D eigenvalue weighted by Gasteiger charge is -2.32. The lowest BCUT2D eigenvalue weighted by Crippen LogP contribution is -2.39. The highest BCUT2D eigenvalue weighted by atomic mass is 16.5. The Balaban J connectivity index is 1.42. The van der Waals surface area contributed by atoms with Crippen LogP contribution in [0.5, 0.6) is 5.75 Å². The van der Waals surface area contributed by atoms with Crippen molar-refractivity contribution >= 4 is 23.6 Å². The summed E-state index contributed by atoms with van der Waals surface area (Å²) in [7, 11) is 1.35. The second-order valence-electron chi connectivity index (χ2n) is 7.66. The van der Waals surface area contributed by atoms with Gasteiger partial charge in [-0.15, -0.1) is 0 Å². The number of esters is 1. The number of amides is 2. The number of anilines is 1. The summed E-state index contributed by atoms with van der Waals surface area (Å²) in [5, 5.41) is 7.29. The average molecular weight is 443 g/mol. The van der Waals surface area contributed by atoms with Gasteiger partial charge in [-0.2, -0.15) is 5.10 Å². The van der Waals surface area contributed by atoms with Crippen molar-refractivity contribution in [3.63, 3.8) is 0 Å². The molecule has 1 aromatic carbocycles. The number of nitrogens with zero attached hydrogens (tertiary/aromatic N) is 3. The summed E-state index contributed by atoms with van der Waals surface area (Å²) < 4.78 is 12.0. The Bertz CT molecular complexity index is 891. The van der Waals surface area contributed by atoms with Crippen molar-refractivity contribution < 1.29 is 23.9 Å². The molecule has 0 spiro atoms. The fourth-order valence-electron chi connectivity index (χ4n) is 3.69. The summed E-state index contributed by atoms with van der Waals surface area (Å²) >= 11 is 0. The number of ether oxygens (including phenoxy) is 2.